The van der Waals surface area contributed by atoms with Crippen molar-refractivity contribution in [2.24, 2.45) is 11.7 Å². The summed E-state index contributed by atoms with van der Waals surface area (Å²) in [5.41, 5.74) is 7.63. The summed E-state index contributed by atoms with van der Waals surface area (Å²) < 4.78 is 7.86. The zero-order valence-corrected chi connectivity index (χ0v) is 22.4. The number of nitrogens with zero attached hydrogens (tertiary/aromatic N) is 4. The number of aromatic nitrogens is 2. The molecule has 1 fully saturated rings. The Bertz CT molecular complexity index is 1380. The summed E-state index contributed by atoms with van der Waals surface area (Å²) in [5.74, 6) is 7.51. The van der Waals surface area contributed by atoms with E-state index in [4.69, 9.17) is 15.6 Å². The van der Waals surface area contributed by atoms with E-state index in [-0.39, 0.29) is 11.9 Å². The van der Waals surface area contributed by atoms with Crippen LogP contribution in [0.3, 0.4) is 0 Å². The maximum atomic E-state index is 12.6. The Balaban J connectivity index is 1.33. The van der Waals surface area contributed by atoms with E-state index < -0.39 is 5.91 Å². The van der Waals surface area contributed by atoms with E-state index in [1.807, 2.05) is 83.2 Å². The first-order chi connectivity index (χ1) is 18.9. The lowest BCUT2D eigenvalue weighted by molar-refractivity contribution is -0.126. The van der Waals surface area contributed by atoms with Gasteiger partial charge in [0.2, 0.25) is 0 Å². The number of carbonyl (C=O) groups excluding carboxylic acids is 2. The molecule has 0 unspecified atom stereocenters. The van der Waals surface area contributed by atoms with Gasteiger partial charge in [-0.3, -0.25) is 14.5 Å². The molecule has 2 aromatic carbocycles. The number of para-hydroxylation sites is 1. The molecule has 0 aliphatic carbocycles. The van der Waals surface area contributed by atoms with Gasteiger partial charge in [0.05, 0.1) is 12.6 Å². The molecule has 39 heavy (non-hydrogen) atoms. The fraction of sp³-hybridized carbons (Fsp3) is 0.367. The number of carbonyl (C=O) groups is 2. The number of nitrogens with one attached hydrogen (secondary N) is 1. The zero-order valence-electron chi connectivity index (χ0n) is 22.4. The number of amides is 2. The molecule has 3 aromatic rings. The molecule has 3 N–H and O–H groups in total. The van der Waals surface area contributed by atoms with Crippen LogP contribution < -0.4 is 15.8 Å². The zero-order chi connectivity index (χ0) is 27.4. The molecule has 2 aliphatic rings. The van der Waals surface area contributed by atoms with Crippen LogP contribution in [-0.4, -0.2) is 71.7 Å². The van der Waals surface area contributed by atoms with Crippen molar-refractivity contribution in [3.8, 4) is 34.6 Å². The van der Waals surface area contributed by atoms with Gasteiger partial charge in [-0.1, -0.05) is 24.1 Å². The van der Waals surface area contributed by atoms with Gasteiger partial charge in [0.1, 0.15) is 28.6 Å². The predicted molar refractivity (Wildman–Crippen MR) is 150 cm³/mol. The van der Waals surface area contributed by atoms with E-state index in [1.54, 1.807) is 0 Å². The first kappa shape index (κ1) is 26.3. The monoisotopic (exact) mass is 526 g/mol. The molecule has 1 saturated heterocycles. The maximum absolute atomic E-state index is 12.6. The molecule has 0 radical (unpaired) electrons. The highest BCUT2D eigenvalue weighted by Gasteiger charge is 2.35. The fourth-order valence-corrected chi connectivity index (χ4v) is 5.32. The van der Waals surface area contributed by atoms with E-state index in [1.165, 1.54) is 0 Å². The van der Waals surface area contributed by atoms with Crippen molar-refractivity contribution < 1.29 is 14.3 Å². The molecule has 2 aliphatic heterocycles. The van der Waals surface area contributed by atoms with E-state index >= 15 is 0 Å². The number of anilines is 1. The topological polar surface area (TPSA) is 106 Å². The molecule has 3 heterocycles. The smallest absolute Gasteiger partial charge is 0.298 e. The molecule has 0 saturated carbocycles. The second-order valence-electron chi connectivity index (χ2n) is 10.3. The molecule has 1 atom stereocenters. The van der Waals surface area contributed by atoms with E-state index in [2.05, 4.69) is 17.2 Å². The fourth-order valence-electron chi connectivity index (χ4n) is 5.32. The van der Waals surface area contributed by atoms with Crippen molar-refractivity contribution in [2.45, 2.75) is 25.3 Å². The molecule has 5 rings (SSSR count). The summed E-state index contributed by atoms with van der Waals surface area (Å²) >= 11 is 0. The lowest BCUT2D eigenvalue weighted by Crippen LogP contribution is -2.41. The third-order valence-electron chi connectivity index (χ3n) is 7.27. The first-order valence-electron chi connectivity index (χ1n) is 13.3. The summed E-state index contributed by atoms with van der Waals surface area (Å²) in [6.07, 6.45) is 2.60. The van der Waals surface area contributed by atoms with Gasteiger partial charge in [-0.25, -0.2) is 4.68 Å². The average Bonchev–Trinajstić information content (AvgIpc) is 3.34. The van der Waals surface area contributed by atoms with Gasteiger partial charge >= 0.3 is 0 Å². The van der Waals surface area contributed by atoms with E-state index in [9.17, 15) is 9.59 Å². The number of piperidine rings is 1. The van der Waals surface area contributed by atoms with Crippen molar-refractivity contribution in [1.82, 2.24) is 19.6 Å². The lowest BCUT2D eigenvalue weighted by atomic mass is 9.87. The standard InChI is InChI=1S/C30H34N6O3/c1-34(2)18-6-9-26(37)35-19-15-21(16-20-35)25-14-17-32-30-27(29(31)38)28(33-36(25)30)22-10-12-24(13-11-22)39-23-7-4-3-5-8-23/h3-5,7-8,10-13,21,25,32H,14-20H2,1-2H3,(H2,31,38)/t25-/m0/s1. The Labute approximate surface area is 228 Å². The van der Waals surface area contributed by atoms with Crippen molar-refractivity contribution in [3.05, 3.63) is 60.2 Å². The van der Waals surface area contributed by atoms with Gasteiger partial charge in [-0.2, -0.15) is 5.10 Å². The highest BCUT2D eigenvalue weighted by molar-refractivity contribution is 6.03. The van der Waals surface area contributed by atoms with Gasteiger partial charge in [0, 0.05) is 25.2 Å². The Morgan fingerprint density at radius 3 is 2.41 bits per heavy atom. The normalized spacial score (nSPS) is 17.1. The summed E-state index contributed by atoms with van der Waals surface area (Å²) in [6, 6.07) is 17.2. The van der Waals surface area contributed by atoms with Gasteiger partial charge in [-0.15, -0.1) is 0 Å². The van der Waals surface area contributed by atoms with Crippen molar-refractivity contribution in [3.63, 3.8) is 0 Å². The number of nitrogens with two attached hydrogens (primary N) is 1. The third-order valence-corrected chi connectivity index (χ3v) is 7.27. The van der Waals surface area contributed by atoms with E-state index in [0.29, 0.717) is 48.4 Å². The highest BCUT2D eigenvalue weighted by Crippen LogP contribution is 2.40. The van der Waals surface area contributed by atoms with Gasteiger partial charge in [0.15, 0.2) is 0 Å². The van der Waals surface area contributed by atoms with Gasteiger partial charge < -0.3 is 20.7 Å². The van der Waals surface area contributed by atoms with Crippen LogP contribution in [0.5, 0.6) is 11.5 Å². The predicted octanol–water partition coefficient (Wildman–Crippen LogP) is 3.60. The molecular weight excluding hydrogens is 492 g/mol. The Morgan fingerprint density at radius 1 is 1.05 bits per heavy atom. The highest BCUT2D eigenvalue weighted by atomic mass is 16.5. The summed E-state index contributed by atoms with van der Waals surface area (Å²) in [7, 11) is 3.86. The van der Waals surface area contributed by atoms with Crippen LogP contribution in [0.25, 0.3) is 11.3 Å². The molecule has 202 valence electrons. The van der Waals surface area contributed by atoms with Gasteiger partial charge in [-0.05, 0) is 81.6 Å². The number of fused-ring (bicyclic) bond motifs is 1. The van der Waals surface area contributed by atoms with Crippen LogP contribution in [0.2, 0.25) is 0 Å². The number of rotatable bonds is 6. The molecule has 9 nitrogen and oxygen atoms in total. The number of hydrogen-bond donors (Lipinski definition) is 2. The Morgan fingerprint density at radius 2 is 1.74 bits per heavy atom. The molecular formula is C30H34N6O3. The first-order valence-corrected chi connectivity index (χ1v) is 13.3. The van der Waals surface area contributed by atoms with Crippen LogP contribution in [0.15, 0.2) is 54.6 Å². The van der Waals surface area contributed by atoms with Crippen molar-refractivity contribution in [1.29, 1.82) is 0 Å². The Hall–Kier alpha value is -4.29. The van der Waals surface area contributed by atoms with Gasteiger partial charge in [0.25, 0.3) is 11.8 Å². The number of primary amides is 1. The summed E-state index contributed by atoms with van der Waals surface area (Å²) in [5, 5.41) is 8.29. The second kappa shape index (κ2) is 11.6. The van der Waals surface area contributed by atoms with Crippen LogP contribution >= 0.6 is 0 Å². The maximum Gasteiger partial charge on any atom is 0.298 e. The van der Waals surface area contributed by atoms with Crippen molar-refractivity contribution >= 4 is 17.6 Å². The quantitative estimate of drug-likeness (QED) is 0.476. The Kier molecular flexibility index (Phi) is 7.84. The molecule has 1 aromatic heterocycles. The van der Waals surface area contributed by atoms with E-state index in [0.717, 1.165) is 37.1 Å². The lowest BCUT2D eigenvalue weighted by Gasteiger charge is -2.37. The number of ether oxygens (including phenoxy) is 1. The molecule has 0 spiro atoms. The molecule has 0 bridgehead atoms. The second-order valence-corrected chi connectivity index (χ2v) is 10.3. The summed E-state index contributed by atoms with van der Waals surface area (Å²) in [6.45, 7) is 2.62. The number of benzene rings is 2. The van der Waals surface area contributed by atoms with Crippen LogP contribution in [-0.2, 0) is 4.79 Å². The average molecular weight is 527 g/mol. The minimum Gasteiger partial charge on any atom is -0.457 e. The minimum atomic E-state index is -0.513. The molecule has 2 amide bonds. The number of likely N-dealkylation sites (tertiary alicyclic amines) is 1. The van der Waals surface area contributed by atoms with Crippen LogP contribution in [0, 0.1) is 17.8 Å². The largest absolute Gasteiger partial charge is 0.457 e. The van der Waals surface area contributed by atoms with Crippen LogP contribution in [0.1, 0.15) is 35.7 Å². The van der Waals surface area contributed by atoms with Crippen molar-refractivity contribution in [2.75, 3.05) is 45.6 Å². The van der Waals surface area contributed by atoms with Crippen LogP contribution in [0.4, 0.5) is 5.82 Å². The minimum absolute atomic E-state index is 0.113. The number of hydrogen-bond acceptors (Lipinski definition) is 6. The summed E-state index contributed by atoms with van der Waals surface area (Å²) in [4.78, 5) is 28.9. The SMILES string of the molecule is CN(C)CC#CC(=O)N1CCC([C@@H]2CCNc3c(C(N)=O)c(-c4ccc(Oc5ccccc5)cc4)nn32)CC1. The molecule has 9 heteroatoms. The third kappa shape index (κ3) is 5.91.